The molecule has 5 heteroatoms. The van der Waals surface area contributed by atoms with Gasteiger partial charge in [0.15, 0.2) is 0 Å². The summed E-state index contributed by atoms with van der Waals surface area (Å²) in [6, 6.07) is 4.10. The normalized spacial score (nSPS) is 18.0. The molecule has 1 atom stereocenters. The zero-order valence-electron chi connectivity index (χ0n) is 8.83. The monoisotopic (exact) mass is 225 g/mol. The highest BCUT2D eigenvalue weighted by atomic mass is 19.1. The minimum atomic E-state index is -0.669. The van der Waals surface area contributed by atoms with Crippen molar-refractivity contribution < 1.29 is 18.7 Å². The predicted molar refractivity (Wildman–Crippen MR) is 55.9 cm³/mol. The maximum Gasteiger partial charge on any atom is 0.349 e. The summed E-state index contributed by atoms with van der Waals surface area (Å²) in [5.74, 6) is -0.292. The first-order valence-electron chi connectivity index (χ1n) is 5.07. The third-order valence-corrected chi connectivity index (χ3v) is 2.24. The molecule has 2 rings (SSSR count). The number of ether oxygens (including phenoxy) is 2. The number of carbonyl (C=O) groups is 1. The molecule has 0 spiro atoms. The van der Waals surface area contributed by atoms with E-state index in [1.807, 2.05) is 0 Å². The molecule has 0 aromatic heterocycles. The fourth-order valence-electron chi connectivity index (χ4n) is 1.51. The van der Waals surface area contributed by atoms with Crippen LogP contribution < -0.4 is 10.1 Å². The SMILES string of the molecule is CCOC(=O)[C@@H]1CNc2cc(F)ccc2O1. The zero-order valence-corrected chi connectivity index (χ0v) is 8.83. The molecule has 1 aromatic rings. The van der Waals surface area contributed by atoms with Crippen molar-refractivity contribution in [1.82, 2.24) is 0 Å². The van der Waals surface area contributed by atoms with Crippen molar-refractivity contribution in [3.05, 3.63) is 24.0 Å². The quantitative estimate of drug-likeness (QED) is 0.776. The molecular formula is C11H12FNO3. The molecule has 16 heavy (non-hydrogen) atoms. The Labute approximate surface area is 92.4 Å². The maximum absolute atomic E-state index is 12.9. The Morgan fingerprint density at radius 3 is 3.25 bits per heavy atom. The van der Waals surface area contributed by atoms with Crippen LogP contribution in [0.4, 0.5) is 10.1 Å². The molecule has 0 unspecified atom stereocenters. The van der Waals surface area contributed by atoms with Gasteiger partial charge in [0.05, 0.1) is 18.8 Å². The molecule has 1 aliphatic rings. The first-order valence-corrected chi connectivity index (χ1v) is 5.07. The van der Waals surface area contributed by atoms with Crippen LogP contribution in [0.15, 0.2) is 18.2 Å². The van der Waals surface area contributed by atoms with Crippen LogP contribution in [-0.2, 0) is 9.53 Å². The van der Waals surface area contributed by atoms with Gasteiger partial charge >= 0.3 is 5.97 Å². The van der Waals surface area contributed by atoms with E-state index in [9.17, 15) is 9.18 Å². The summed E-state index contributed by atoms with van der Waals surface area (Å²) in [6.45, 7) is 2.34. The highest BCUT2D eigenvalue weighted by molar-refractivity contribution is 5.77. The van der Waals surface area contributed by atoms with Crippen LogP contribution in [0.1, 0.15) is 6.92 Å². The van der Waals surface area contributed by atoms with Gasteiger partial charge in [0.1, 0.15) is 11.6 Å². The number of nitrogens with one attached hydrogen (secondary N) is 1. The second-order valence-electron chi connectivity index (χ2n) is 3.38. The molecule has 0 radical (unpaired) electrons. The highest BCUT2D eigenvalue weighted by Crippen LogP contribution is 2.29. The molecular weight excluding hydrogens is 213 g/mol. The molecule has 1 aliphatic heterocycles. The lowest BCUT2D eigenvalue weighted by molar-refractivity contribution is -0.150. The number of benzene rings is 1. The number of esters is 1. The van der Waals surface area contributed by atoms with E-state index < -0.39 is 12.1 Å². The summed E-state index contributed by atoms with van der Waals surface area (Å²) in [4.78, 5) is 11.4. The Morgan fingerprint density at radius 1 is 1.69 bits per heavy atom. The van der Waals surface area contributed by atoms with Crippen LogP contribution in [0.5, 0.6) is 5.75 Å². The van der Waals surface area contributed by atoms with Crippen molar-refractivity contribution >= 4 is 11.7 Å². The van der Waals surface area contributed by atoms with Gasteiger partial charge in [-0.2, -0.15) is 0 Å². The number of carbonyl (C=O) groups excluding carboxylic acids is 1. The van der Waals surface area contributed by atoms with Crippen molar-refractivity contribution in [3.63, 3.8) is 0 Å². The van der Waals surface area contributed by atoms with Crippen LogP contribution in [0.25, 0.3) is 0 Å². The lowest BCUT2D eigenvalue weighted by Gasteiger charge is -2.25. The van der Waals surface area contributed by atoms with Gasteiger partial charge in [-0.1, -0.05) is 0 Å². The van der Waals surface area contributed by atoms with Gasteiger partial charge in [-0.3, -0.25) is 0 Å². The number of hydrogen-bond acceptors (Lipinski definition) is 4. The van der Waals surface area contributed by atoms with Gasteiger partial charge in [-0.25, -0.2) is 9.18 Å². The Morgan fingerprint density at radius 2 is 2.50 bits per heavy atom. The highest BCUT2D eigenvalue weighted by Gasteiger charge is 2.26. The van der Waals surface area contributed by atoms with Crippen molar-refractivity contribution in [2.24, 2.45) is 0 Å². The fourth-order valence-corrected chi connectivity index (χ4v) is 1.51. The number of rotatable bonds is 2. The topological polar surface area (TPSA) is 47.6 Å². The molecule has 0 saturated carbocycles. The molecule has 0 bridgehead atoms. The van der Waals surface area contributed by atoms with E-state index in [1.54, 1.807) is 6.92 Å². The zero-order chi connectivity index (χ0) is 11.5. The second kappa shape index (κ2) is 4.38. The average molecular weight is 225 g/mol. The number of anilines is 1. The van der Waals surface area contributed by atoms with Crippen LogP contribution in [0.2, 0.25) is 0 Å². The number of halogens is 1. The van der Waals surface area contributed by atoms with Crippen LogP contribution in [0.3, 0.4) is 0 Å². The molecule has 0 saturated heterocycles. The predicted octanol–water partition coefficient (Wildman–Crippen LogP) is 1.56. The molecule has 86 valence electrons. The van der Waals surface area contributed by atoms with Crippen molar-refractivity contribution in [3.8, 4) is 5.75 Å². The summed E-state index contributed by atoms with van der Waals surface area (Å²) < 4.78 is 23.1. The van der Waals surface area contributed by atoms with E-state index in [4.69, 9.17) is 9.47 Å². The smallest absolute Gasteiger partial charge is 0.349 e. The Balaban J connectivity index is 2.12. The summed E-state index contributed by atoms with van der Waals surface area (Å²) in [5.41, 5.74) is 0.556. The first kappa shape index (κ1) is 10.7. The van der Waals surface area contributed by atoms with Gasteiger partial charge in [-0.05, 0) is 19.1 Å². The minimum absolute atomic E-state index is 0.287. The Kier molecular flexibility index (Phi) is 2.94. The van der Waals surface area contributed by atoms with Crippen LogP contribution in [0, 0.1) is 5.82 Å². The maximum atomic E-state index is 12.9. The molecule has 1 N–H and O–H groups in total. The summed E-state index contributed by atoms with van der Waals surface area (Å²) in [6.07, 6.45) is -0.669. The van der Waals surface area contributed by atoms with E-state index in [0.29, 0.717) is 18.0 Å². The van der Waals surface area contributed by atoms with E-state index in [0.717, 1.165) is 0 Å². The van der Waals surface area contributed by atoms with Gasteiger partial charge in [0, 0.05) is 6.07 Å². The summed E-state index contributed by atoms with van der Waals surface area (Å²) >= 11 is 0. The number of hydrogen-bond donors (Lipinski definition) is 1. The fraction of sp³-hybridized carbons (Fsp3) is 0.364. The third kappa shape index (κ3) is 2.08. The Hall–Kier alpha value is -1.78. The van der Waals surface area contributed by atoms with Crippen molar-refractivity contribution in [1.29, 1.82) is 0 Å². The van der Waals surface area contributed by atoms with Gasteiger partial charge < -0.3 is 14.8 Å². The lowest BCUT2D eigenvalue weighted by Crippen LogP contribution is -2.38. The van der Waals surface area contributed by atoms with Crippen molar-refractivity contribution in [2.45, 2.75) is 13.0 Å². The van der Waals surface area contributed by atoms with E-state index in [2.05, 4.69) is 5.32 Å². The summed E-state index contributed by atoms with van der Waals surface area (Å²) in [5, 5.41) is 2.93. The van der Waals surface area contributed by atoms with Crippen molar-refractivity contribution in [2.75, 3.05) is 18.5 Å². The second-order valence-corrected chi connectivity index (χ2v) is 3.38. The molecule has 1 heterocycles. The molecule has 0 amide bonds. The molecule has 0 fully saturated rings. The van der Waals surface area contributed by atoms with Gasteiger partial charge in [0.2, 0.25) is 6.10 Å². The largest absolute Gasteiger partial charge is 0.475 e. The summed E-state index contributed by atoms with van der Waals surface area (Å²) in [7, 11) is 0. The number of fused-ring (bicyclic) bond motifs is 1. The van der Waals surface area contributed by atoms with Crippen LogP contribution >= 0.6 is 0 Å². The minimum Gasteiger partial charge on any atom is -0.475 e. The van der Waals surface area contributed by atoms with E-state index >= 15 is 0 Å². The standard InChI is InChI=1S/C11H12FNO3/c1-2-15-11(14)10-6-13-8-5-7(12)3-4-9(8)16-10/h3-5,10,13H,2,6H2,1H3/t10-/m0/s1. The lowest BCUT2D eigenvalue weighted by atomic mass is 10.2. The average Bonchev–Trinajstić information content (AvgIpc) is 2.28. The van der Waals surface area contributed by atoms with E-state index in [1.165, 1.54) is 18.2 Å². The van der Waals surface area contributed by atoms with Crippen LogP contribution in [-0.4, -0.2) is 25.2 Å². The third-order valence-electron chi connectivity index (χ3n) is 2.24. The first-order chi connectivity index (χ1) is 7.70. The van der Waals surface area contributed by atoms with E-state index in [-0.39, 0.29) is 12.4 Å². The molecule has 4 nitrogen and oxygen atoms in total. The Bertz CT molecular complexity index is 408. The van der Waals surface area contributed by atoms with Gasteiger partial charge in [-0.15, -0.1) is 0 Å². The van der Waals surface area contributed by atoms with Gasteiger partial charge in [0.25, 0.3) is 0 Å². The molecule has 0 aliphatic carbocycles. The molecule has 1 aromatic carbocycles.